The zero-order chi connectivity index (χ0) is 16.8. The number of carbonyl (C=O) groups excluding carboxylic acids is 1. The van der Waals surface area contributed by atoms with E-state index in [0.29, 0.717) is 0 Å². The molecular formula is C21H25IO2. The van der Waals surface area contributed by atoms with E-state index in [4.69, 9.17) is 3.07 Å². The van der Waals surface area contributed by atoms with Gasteiger partial charge < -0.3 is 0 Å². The summed E-state index contributed by atoms with van der Waals surface area (Å²) in [4.78, 5) is 12.0. The summed E-state index contributed by atoms with van der Waals surface area (Å²) < 4.78 is 8.06. The van der Waals surface area contributed by atoms with Gasteiger partial charge in [0.1, 0.15) is 0 Å². The number of rotatable bonds is 8. The molecule has 0 saturated heterocycles. The first-order valence-electron chi connectivity index (χ1n) is 8.90. The van der Waals surface area contributed by atoms with Gasteiger partial charge in [-0.05, 0) is 0 Å². The van der Waals surface area contributed by atoms with E-state index in [1.165, 1.54) is 47.7 Å². The van der Waals surface area contributed by atoms with Crippen LogP contribution in [-0.2, 0) is 9.49 Å². The molecule has 0 amide bonds. The average Bonchev–Trinajstić information content (AvgIpc) is 2.96. The Hall–Kier alpha value is -1.36. The Labute approximate surface area is 152 Å². The molecule has 128 valence electrons. The van der Waals surface area contributed by atoms with Crippen LogP contribution in [0.1, 0.15) is 61.4 Å². The molecule has 1 heterocycles. The summed E-state index contributed by atoms with van der Waals surface area (Å²) >= 11 is -2.01. The third kappa shape index (κ3) is 4.18. The predicted octanol–water partition coefficient (Wildman–Crippen LogP) is 6.22. The van der Waals surface area contributed by atoms with Crippen molar-refractivity contribution in [1.29, 1.82) is 0 Å². The van der Waals surface area contributed by atoms with Crippen LogP contribution in [0.25, 0.3) is 0 Å². The van der Waals surface area contributed by atoms with Crippen LogP contribution >= 0.6 is 20.2 Å². The molecule has 0 unspecified atom stereocenters. The Bertz CT molecular complexity index is 678. The molecule has 2 aromatic rings. The fraction of sp³-hybridized carbons (Fsp3) is 0.381. The van der Waals surface area contributed by atoms with Crippen molar-refractivity contribution in [3.05, 3.63) is 66.8 Å². The Morgan fingerprint density at radius 1 is 0.875 bits per heavy atom. The molecule has 0 spiro atoms. The van der Waals surface area contributed by atoms with Crippen LogP contribution in [0.15, 0.2) is 48.5 Å². The van der Waals surface area contributed by atoms with Crippen LogP contribution < -0.4 is 0 Å². The van der Waals surface area contributed by atoms with Crippen molar-refractivity contribution < 1.29 is 7.86 Å². The number of fused-ring (bicyclic) bond motifs is 1. The van der Waals surface area contributed by atoms with Gasteiger partial charge in [-0.2, -0.15) is 0 Å². The van der Waals surface area contributed by atoms with Gasteiger partial charge in [0.05, 0.1) is 0 Å². The standard InChI is InChI=1S/C21H25IO2/c1-2-3-4-5-6-7-10-17-13-15-18(16-14-17)22-20-12-9-8-11-19(20)21(23)24-22/h8-9,11-16H,2-7,10H2,1H3. The summed E-state index contributed by atoms with van der Waals surface area (Å²) in [5.41, 5.74) is 2.16. The summed E-state index contributed by atoms with van der Waals surface area (Å²) in [7, 11) is 0. The first-order chi connectivity index (χ1) is 11.8. The van der Waals surface area contributed by atoms with Crippen LogP contribution in [0.3, 0.4) is 0 Å². The maximum atomic E-state index is 12.0. The van der Waals surface area contributed by atoms with Gasteiger partial charge in [0, 0.05) is 0 Å². The van der Waals surface area contributed by atoms with Crippen LogP contribution in [0.4, 0.5) is 0 Å². The summed E-state index contributed by atoms with van der Waals surface area (Å²) in [6.07, 6.45) is 9.14. The zero-order valence-electron chi connectivity index (χ0n) is 14.3. The van der Waals surface area contributed by atoms with Gasteiger partial charge in [0.15, 0.2) is 0 Å². The van der Waals surface area contributed by atoms with Crippen LogP contribution in [0.2, 0.25) is 0 Å². The first kappa shape index (κ1) is 17.5. The third-order valence-corrected chi connectivity index (χ3v) is 9.04. The van der Waals surface area contributed by atoms with Crippen molar-refractivity contribution in [3.63, 3.8) is 0 Å². The Morgan fingerprint density at radius 2 is 1.58 bits per heavy atom. The molecule has 0 fully saturated rings. The molecule has 0 atom stereocenters. The van der Waals surface area contributed by atoms with Gasteiger partial charge >= 0.3 is 153 Å². The van der Waals surface area contributed by atoms with E-state index >= 15 is 0 Å². The minimum absolute atomic E-state index is 0.146. The second-order valence-corrected chi connectivity index (χ2v) is 10.5. The quantitative estimate of drug-likeness (QED) is 0.363. The predicted molar refractivity (Wildman–Crippen MR) is 107 cm³/mol. The molecule has 1 aliphatic rings. The van der Waals surface area contributed by atoms with Gasteiger partial charge in [-0.1, -0.05) is 0 Å². The summed E-state index contributed by atoms with van der Waals surface area (Å²) in [5, 5.41) is 0. The van der Waals surface area contributed by atoms with Gasteiger partial charge in [-0.3, -0.25) is 0 Å². The van der Waals surface area contributed by atoms with E-state index in [-0.39, 0.29) is 5.97 Å². The Morgan fingerprint density at radius 3 is 2.38 bits per heavy atom. The Balaban J connectivity index is 1.57. The normalized spacial score (nSPS) is 14.5. The molecule has 0 radical (unpaired) electrons. The second-order valence-electron chi connectivity index (χ2n) is 6.24. The monoisotopic (exact) mass is 436 g/mol. The average molecular weight is 436 g/mol. The topological polar surface area (TPSA) is 26.3 Å². The number of halogens is 1. The van der Waals surface area contributed by atoms with Crippen LogP contribution in [0.5, 0.6) is 0 Å². The van der Waals surface area contributed by atoms with Crippen molar-refractivity contribution in [2.45, 2.75) is 51.9 Å². The third-order valence-electron chi connectivity index (χ3n) is 4.36. The number of hydrogen-bond acceptors (Lipinski definition) is 2. The number of aryl methyl sites for hydroxylation is 1. The second kappa shape index (κ2) is 8.65. The Kier molecular flexibility index (Phi) is 6.30. The van der Waals surface area contributed by atoms with Crippen LogP contribution in [-0.4, -0.2) is 5.97 Å². The van der Waals surface area contributed by atoms with Crippen molar-refractivity contribution >= 4 is 26.2 Å². The van der Waals surface area contributed by atoms with Gasteiger partial charge in [0.2, 0.25) is 0 Å². The van der Waals surface area contributed by atoms with Crippen molar-refractivity contribution in [2.24, 2.45) is 0 Å². The summed E-state index contributed by atoms with van der Waals surface area (Å²) in [6, 6.07) is 16.6. The molecule has 2 nitrogen and oxygen atoms in total. The fourth-order valence-electron chi connectivity index (χ4n) is 2.97. The molecule has 0 saturated carbocycles. The number of carbonyl (C=O) groups is 1. The molecule has 24 heavy (non-hydrogen) atoms. The summed E-state index contributed by atoms with van der Waals surface area (Å²) in [5.74, 6) is -0.146. The number of benzene rings is 2. The number of unbranched alkanes of at least 4 members (excludes halogenated alkanes) is 5. The van der Waals surface area contributed by atoms with Crippen molar-refractivity contribution in [3.8, 4) is 0 Å². The molecule has 0 aromatic heterocycles. The van der Waals surface area contributed by atoms with E-state index in [1.54, 1.807) is 0 Å². The van der Waals surface area contributed by atoms with Gasteiger partial charge in [0.25, 0.3) is 0 Å². The van der Waals surface area contributed by atoms with E-state index in [0.717, 1.165) is 15.6 Å². The molecule has 0 N–H and O–H groups in total. The van der Waals surface area contributed by atoms with E-state index in [1.807, 2.05) is 18.2 Å². The molecular weight excluding hydrogens is 411 g/mol. The number of hydrogen-bond donors (Lipinski definition) is 0. The molecule has 0 bridgehead atoms. The van der Waals surface area contributed by atoms with Gasteiger partial charge in [-0.15, -0.1) is 0 Å². The first-order valence-corrected chi connectivity index (χ1v) is 11.9. The molecule has 0 aliphatic carbocycles. The molecule has 2 aromatic carbocycles. The van der Waals surface area contributed by atoms with E-state index in [2.05, 4.69) is 37.3 Å². The van der Waals surface area contributed by atoms with E-state index < -0.39 is 20.2 Å². The maximum absolute atomic E-state index is 12.0. The zero-order valence-corrected chi connectivity index (χ0v) is 16.4. The van der Waals surface area contributed by atoms with E-state index in [9.17, 15) is 4.79 Å². The van der Waals surface area contributed by atoms with Crippen molar-refractivity contribution in [2.75, 3.05) is 0 Å². The SMILES string of the molecule is CCCCCCCCc1ccc(I2OC(=O)c3ccccc32)cc1. The minimum atomic E-state index is -2.01. The van der Waals surface area contributed by atoms with Crippen LogP contribution in [0, 0.1) is 7.14 Å². The summed E-state index contributed by atoms with van der Waals surface area (Å²) in [6.45, 7) is 2.26. The van der Waals surface area contributed by atoms with Crippen molar-refractivity contribution in [1.82, 2.24) is 0 Å². The molecule has 3 heteroatoms. The van der Waals surface area contributed by atoms with Gasteiger partial charge in [-0.25, -0.2) is 0 Å². The molecule has 3 rings (SSSR count). The fourth-order valence-corrected chi connectivity index (χ4v) is 7.24. The molecule has 1 aliphatic heterocycles.